The lowest BCUT2D eigenvalue weighted by Gasteiger charge is -2.34. The Kier molecular flexibility index (Phi) is 20.5. The van der Waals surface area contributed by atoms with E-state index in [0.717, 1.165) is 11.3 Å². The summed E-state index contributed by atoms with van der Waals surface area (Å²) in [5, 5.41) is 3.75. The summed E-state index contributed by atoms with van der Waals surface area (Å²) >= 11 is 0. The third-order valence-electron chi connectivity index (χ3n) is 13.2. The van der Waals surface area contributed by atoms with Crippen molar-refractivity contribution in [3.05, 3.63) is 318 Å². The lowest BCUT2D eigenvalue weighted by Crippen LogP contribution is -2.28. The molecule has 0 saturated heterocycles. The molecule has 0 N–H and O–H groups in total. The molecule has 75 heavy (non-hydrogen) atoms. The summed E-state index contributed by atoms with van der Waals surface area (Å²) in [5.41, 5.74) is 17.8. The second kappa shape index (κ2) is 27.5. The zero-order valence-corrected chi connectivity index (χ0v) is 44.6. The number of hydrogen-bond donors (Lipinski definition) is 0. The average molecular weight is 978 g/mol. The largest absolute Gasteiger partial charge is 0.316 e. The summed E-state index contributed by atoms with van der Waals surface area (Å²) in [6, 6.07) is 68.7. The van der Waals surface area contributed by atoms with Crippen LogP contribution in [0.4, 0.5) is 0 Å². The predicted octanol–water partition coefficient (Wildman–Crippen LogP) is 21.2. The molecule has 10 rings (SSSR count). The summed E-state index contributed by atoms with van der Waals surface area (Å²) in [6.07, 6.45) is 29.6. The molecule has 1 heteroatoms. The Labute approximate surface area is 450 Å². The first kappa shape index (κ1) is 55.8. The van der Waals surface area contributed by atoms with E-state index in [0.29, 0.717) is 0 Å². The van der Waals surface area contributed by atoms with E-state index >= 15 is 0 Å². The minimum atomic E-state index is -0.541. The summed E-state index contributed by atoms with van der Waals surface area (Å²) < 4.78 is 2.39. The van der Waals surface area contributed by atoms with E-state index in [-0.39, 0.29) is 7.43 Å². The van der Waals surface area contributed by atoms with Gasteiger partial charge in [-0.3, -0.25) is 0 Å². The quantitative estimate of drug-likeness (QED) is 0.108. The maximum absolute atomic E-state index is 3.72. The Hall–Kier alpha value is -8.52. The van der Waals surface area contributed by atoms with Crippen LogP contribution < -0.4 is 0 Å². The highest BCUT2D eigenvalue weighted by molar-refractivity contribution is 6.10. The van der Waals surface area contributed by atoms with Gasteiger partial charge in [-0.25, -0.2) is 0 Å². The number of fused-ring (bicyclic) bond motifs is 6. The molecular formula is C74H75N. The van der Waals surface area contributed by atoms with Crippen LogP contribution in [-0.4, -0.2) is 4.57 Å². The first-order valence-electron chi connectivity index (χ1n) is 26.3. The number of nitrogens with zero attached hydrogens (tertiary/aromatic N) is 1. The summed E-state index contributed by atoms with van der Waals surface area (Å²) in [7, 11) is 0. The lowest BCUT2D eigenvalue weighted by molar-refractivity contribution is 0.767. The molecule has 1 aliphatic rings. The third kappa shape index (κ3) is 12.1. The first-order valence-corrected chi connectivity index (χ1v) is 26.3. The van der Waals surface area contributed by atoms with Gasteiger partial charge in [-0.05, 0) is 136 Å². The van der Waals surface area contributed by atoms with E-state index in [2.05, 4.69) is 287 Å². The van der Waals surface area contributed by atoms with E-state index in [1.165, 1.54) is 88.5 Å². The van der Waals surface area contributed by atoms with Crippen molar-refractivity contribution in [2.24, 2.45) is 0 Å². The van der Waals surface area contributed by atoms with Gasteiger partial charge in [0.2, 0.25) is 0 Å². The average Bonchev–Trinajstić information content (AvgIpc) is 4.04. The molecule has 0 radical (unpaired) electrons. The maximum atomic E-state index is 3.72. The maximum Gasteiger partial charge on any atom is 0.0714 e. The highest BCUT2D eigenvalue weighted by Gasteiger charge is 2.46. The fourth-order valence-corrected chi connectivity index (χ4v) is 9.97. The molecule has 0 bridgehead atoms. The number of aromatic nitrogens is 1. The van der Waals surface area contributed by atoms with Gasteiger partial charge >= 0.3 is 0 Å². The Bertz CT molecular complexity index is 3450. The normalized spacial score (nSPS) is 12.7. The molecule has 0 saturated carbocycles. The molecule has 0 fully saturated rings. The van der Waals surface area contributed by atoms with Crippen molar-refractivity contribution in [3.63, 3.8) is 0 Å². The van der Waals surface area contributed by atoms with Crippen molar-refractivity contribution in [2.45, 2.75) is 68.2 Å². The SMILES string of the molecule is C.C/C=C\C=C/c1cc2ccccc2c2ccn(-c3ccc4c(c3)C(c3ccccc3)(c3ccccc3)c3cc(\C=C/C(=C\C=C\C)c5ccccc5)ccc3-4)c12.C=C/C=C(\C=C/C)c1ccc(C)cc1.CC.CC. The number of aryl methyl sites for hydroxylation is 1. The van der Waals surface area contributed by atoms with Gasteiger partial charge < -0.3 is 4.57 Å². The van der Waals surface area contributed by atoms with Crippen molar-refractivity contribution in [2.75, 3.05) is 0 Å². The van der Waals surface area contributed by atoms with E-state index in [1.807, 2.05) is 52.8 Å². The van der Waals surface area contributed by atoms with Gasteiger partial charge in [-0.1, -0.05) is 284 Å². The molecule has 1 nitrogen and oxygen atoms in total. The minimum absolute atomic E-state index is 0. The molecule has 8 aromatic carbocycles. The van der Waals surface area contributed by atoms with Crippen molar-refractivity contribution in [1.82, 2.24) is 4.57 Å². The molecular weight excluding hydrogens is 903 g/mol. The fraction of sp³-hybridized carbons (Fsp3) is 0.135. The van der Waals surface area contributed by atoms with Gasteiger partial charge in [0.25, 0.3) is 0 Å². The second-order valence-electron chi connectivity index (χ2n) is 17.6. The Morgan fingerprint density at radius 2 is 1.07 bits per heavy atom. The Balaban J connectivity index is 0.000000414. The highest BCUT2D eigenvalue weighted by Crippen LogP contribution is 2.57. The molecule has 9 aromatic rings. The van der Waals surface area contributed by atoms with Gasteiger partial charge in [0.15, 0.2) is 0 Å². The van der Waals surface area contributed by atoms with E-state index < -0.39 is 5.41 Å². The van der Waals surface area contributed by atoms with Crippen LogP contribution in [0, 0.1) is 6.92 Å². The Morgan fingerprint density at radius 1 is 0.493 bits per heavy atom. The number of allylic oxidation sites excluding steroid dienone is 13. The summed E-state index contributed by atoms with van der Waals surface area (Å²) in [5.74, 6) is 0. The topological polar surface area (TPSA) is 4.93 Å². The molecule has 0 spiro atoms. The molecule has 0 unspecified atom stereocenters. The zero-order chi connectivity index (χ0) is 52.3. The van der Waals surface area contributed by atoms with Crippen LogP contribution in [0.15, 0.2) is 268 Å². The first-order chi connectivity index (χ1) is 36.5. The zero-order valence-electron chi connectivity index (χ0n) is 44.6. The molecule has 1 aliphatic carbocycles. The minimum Gasteiger partial charge on any atom is -0.316 e. The van der Waals surface area contributed by atoms with Crippen LogP contribution in [0.3, 0.4) is 0 Å². The van der Waals surface area contributed by atoms with Crippen molar-refractivity contribution in [3.8, 4) is 16.8 Å². The monoisotopic (exact) mass is 978 g/mol. The van der Waals surface area contributed by atoms with Gasteiger partial charge in [0.1, 0.15) is 0 Å². The van der Waals surface area contributed by atoms with Crippen molar-refractivity contribution in [1.29, 1.82) is 0 Å². The smallest absolute Gasteiger partial charge is 0.0714 e. The predicted molar refractivity (Wildman–Crippen MR) is 334 cm³/mol. The number of hydrogen-bond acceptors (Lipinski definition) is 0. The van der Waals surface area contributed by atoms with Crippen LogP contribution >= 0.6 is 0 Å². The van der Waals surface area contributed by atoms with E-state index in [1.54, 1.807) is 0 Å². The molecule has 1 aromatic heterocycles. The van der Waals surface area contributed by atoms with Crippen LogP contribution in [0.5, 0.6) is 0 Å². The van der Waals surface area contributed by atoms with Gasteiger partial charge in [0.05, 0.1) is 10.9 Å². The standard InChI is InChI=1S/C55H43N.C14H16.2C2H6.CH4/c1-3-5-10-23-44-38-43-22-17-18-28-48(43)51-35-36-56(54(44)51)47-32-34-50-49-33-30-40(29-31-42(19-6-4-2)41-20-11-7-12-21-41)37-52(49)55(53(50)39-47,45-24-13-8-14-25-45)46-26-15-9-16-27-46;1-4-6-13(7-5-2)14-10-8-12(3)9-11-14;2*1-2;/h3-39H,1-2H3;4-11H,1H2,2-3H3;2*1-2H3;1H4/b5-3-,6-4+,23-10-,31-29-,42-19+;7-5-,13-6+;;;. The van der Waals surface area contributed by atoms with E-state index in [4.69, 9.17) is 0 Å². The Morgan fingerprint density at radius 3 is 1.69 bits per heavy atom. The molecule has 0 atom stereocenters. The van der Waals surface area contributed by atoms with Crippen LogP contribution in [0.25, 0.3) is 61.8 Å². The summed E-state index contributed by atoms with van der Waals surface area (Å²) in [6.45, 7) is 19.9. The van der Waals surface area contributed by atoms with Crippen LogP contribution in [0.2, 0.25) is 0 Å². The molecule has 1 heterocycles. The third-order valence-corrected chi connectivity index (χ3v) is 13.2. The lowest BCUT2D eigenvalue weighted by atomic mass is 9.67. The summed E-state index contributed by atoms with van der Waals surface area (Å²) in [4.78, 5) is 0. The highest BCUT2D eigenvalue weighted by atomic mass is 15.0. The number of rotatable bonds is 12. The molecule has 0 aliphatic heterocycles. The van der Waals surface area contributed by atoms with Crippen molar-refractivity contribution >= 4 is 45.0 Å². The molecule has 0 amide bonds. The second-order valence-corrected chi connectivity index (χ2v) is 17.6. The van der Waals surface area contributed by atoms with Crippen LogP contribution in [-0.2, 0) is 5.41 Å². The van der Waals surface area contributed by atoms with Gasteiger partial charge in [0, 0.05) is 17.3 Å². The van der Waals surface area contributed by atoms with E-state index in [9.17, 15) is 0 Å². The van der Waals surface area contributed by atoms with Crippen molar-refractivity contribution < 1.29 is 0 Å². The number of benzene rings is 8. The van der Waals surface area contributed by atoms with Crippen LogP contribution in [0.1, 0.15) is 106 Å². The van der Waals surface area contributed by atoms with Gasteiger partial charge in [-0.15, -0.1) is 0 Å². The van der Waals surface area contributed by atoms with Gasteiger partial charge in [-0.2, -0.15) is 0 Å². The molecule has 376 valence electrons. The fourth-order valence-electron chi connectivity index (χ4n) is 9.97.